The number of aromatic nitrogens is 2. The van der Waals surface area contributed by atoms with Crippen LogP contribution in [0.3, 0.4) is 0 Å². The van der Waals surface area contributed by atoms with E-state index in [-0.39, 0.29) is 29.8 Å². The highest BCUT2D eigenvalue weighted by atomic mass is 16.3. The van der Waals surface area contributed by atoms with E-state index in [2.05, 4.69) is 9.97 Å². The second-order valence-electron chi connectivity index (χ2n) is 7.27. The third kappa shape index (κ3) is 2.98. The summed E-state index contributed by atoms with van der Waals surface area (Å²) < 4.78 is 56.9. The van der Waals surface area contributed by atoms with Gasteiger partial charge in [-0.05, 0) is 61.0 Å². The topological polar surface area (TPSA) is 38.9 Å². The molecule has 2 aromatic carbocycles. The minimum atomic E-state index is -1.80. The van der Waals surface area contributed by atoms with Crippen molar-refractivity contribution in [2.75, 3.05) is 0 Å². The Morgan fingerprint density at radius 3 is 2.67 bits per heavy atom. The van der Waals surface area contributed by atoms with Crippen LogP contribution in [0.1, 0.15) is 43.6 Å². The quantitative estimate of drug-likeness (QED) is 0.349. The van der Waals surface area contributed by atoms with E-state index in [1.165, 1.54) is 0 Å². The first kappa shape index (κ1) is 12.3. The summed E-state index contributed by atoms with van der Waals surface area (Å²) in [5.41, 5.74) is 3.10. The lowest BCUT2D eigenvalue weighted by atomic mass is 9.95. The maximum Gasteiger partial charge on any atom is 0.227 e. The molecule has 0 saturated heterocycles. The van der Waals surface area contributed by atoms with Crippen molar-refractivity contribution in [3.05, 3.63) is 95.3 Å². The minimum Gasteiger partial charge on any atom is -0.437 e. The van der Waals surface area contributed by atoms with Crippen LogP contribution in [0.2, 0.25) is 0 Å². The lowest BCUT2D eigenvalue weighted by molar-refractivity contribution is 0.652. The predicted octanol–water partition coefficient (Wildman–Crippen LogP) is 6.51. The zero-order valence-electron chi connectivity index (χ0n) is 22.1. The Kier molecular flexibility index (Phi) is 2.91. The molecule has 0 spiro atoms. The highest BCUT2D eigenvalue weighted by Crippen LogP contribution is 2.35. The van der Waals surface area contributed by atoms with Gasteiger partial charge < -0.3 is 4.42 Å². The maximum atomic E-state index is 8.64. The number of pyridine rings is 2. The van der Waals surface area contributed by atoms with Gasteiger partial charge in [-0.1, -0.05) is 48.5 Å². The molecule has 3 nitrogen and oxygen atoms in total. The van der Waals surface area contributed by atoms with Crippen molar-refractivity contribution >= 4 is 22.1 Å². The molecular weight excluding hydrogens is 368 g/mol. The number of furan rings is 1. The number of fused-ring (bicyclic) bond motifs is 4. The van der Waals surface area contributed by atoms with Gasteiger partial charge in [-0.2, -0.15) is 0 Å². The van der Waals surface area contributed by atoms with Gasteiger partial charge in [0.15, 0.2) is 0 Å². The van der Waals surface area contributed by atoms with Gasteiger partial charge in [-0.25, -0.2) is 4.98 Å². The molecule has 5 aromatic rings. The lowest BCUT2D eigenvalue weighted by Gasteiger charge is -2.15. The molecule has 0 bridgehead atoms. The Labute approximate surface area is 183 Å². The van der Waals surface area contributed by atoms with Crippen LogP contribution in [0.4, 0.5) is 0 Å². The molecule has 3 heteroatoms. The summed E-state index contributed by atoms with van der Waals surface area (Å²) in [6.45, 7) is 0. The van der Waals surface area contributed by atoms with Crippen molar-refractivity contribution < 1.29 is 12.6 Å². The van der Waals surface area contributed by atoms with Gasteiger partial charge >= 0.3 is 0 Å². The second kappa shape index (κ2) is 7.10. The molecule has 3 aromatic heterocycles. The maximum absolute atomic E-state index is 8.64. The summed E-state index contributed by atoms with van der Waals surface area (Å²) in [4.78, 5) is 9.13. The van der Waals surface area contributed by atoms with Crippen molar-refractivity contribution in [1.82, 2.24) is 9.97 Å². The van der Waals surface area contributed by atoms with E-state index in [0.29, 0.717) is 28.1 Å². The summed E-state index contributed by atoms with van der Waals surface area (Å²) >= 11 is 0. The van der Waals surface area contributed by atoms with E-state index < -0.39 is 19.1 Å². The monoisotopic (exact) mass is 396 g/mol. The van der Waals surface area contributed by atoms with E-state index in [4.69, 9.17) is 12.6 Å². The van der Waals surface area contributed by atoms with Crippen molar-refractivity contribution in [3.8, 4) is 11.3 Å². The molecule has 3 heterocycles. The predicted molar refractivity (Wildman–Crippen MR) is 121 cm³/mol. The van der Waals surface area contributed by atoms with E-state index in [1.54, 1.807) is 42.5 Å². The molecule has 0 N–H and O–H groups in total. The first-order chi connectivity index (χ1) is 17.1. The molecular formula is C27H22N2O. The molecule has 0 amide bonds. The van der Waals surface area contributed by atoms with E-state index >= 15 is 0 Å². The molecule has 0 radical (unpaired) electrons. The van der Waals surface area contributed by atoms with Gasteiger partial charge in [0.05, 0.1) is 5.69 Å². The fraction of sp³-hybridized carbons (Fsp3) is 0.185. The average molecular weight is 397 g/mol. The number of rotatable bonds is 3. The van der Waals surface area contributed by atoms with Crippen LogP contribution in [-0.4, -0.2) is 9.97 Å². The summed E-state index contributed by atoms with van der Waals surface area (Å²) in [6.07, 6.45) is -4.98. The molecule has 0 fully saturated rings. The summed E-state index contributed by atoms with van der Waals surface area (Å²) in [7, 11) is 0. The van der Waals surface area contributed by atoms with Crippen molar-refractivity contribution in [3.63, 3.8) is 0 Å². The smallest absolute Gasteiger partial charge is 0.227 e. The second-order valence-corrected chi connectivity index (χ2v) is 7.27. The van der Waals surface area contributed by atoms with Crippen molar-refractivity contribution in [2.45, 2.75) is 32.0 Å². The Morgan fingerprint density at radius 2 is 1.73 bits per heavy atom. The number of hydrogen-bond acceptors (Lipinski definition) is 3. The van der Waals surface area contributed by atoms with Crippen molar-refractivity contribution in [2.24, 2.45) is 0 Å². The molecule has 6 rings (SSSR count). The zero-order valence-corrected chi connectivity index (χ0v) is 16.1. The van der Waals surface area contributed by atoms with Crippen LogP contribution in [0, 0.1) is 0 Å². The zero-order chi connectivity index (χ0) is 25.3. The standard InChI is InChI=1S/C27H22N2O/c1-2-7-18(8-3-1)17-20-14-15-22-21-10-6-11-23(26(21)30-27(22)28-20)25-16-13-19-9-4-5-12-24(19)29-25/h1-3,6-8,10-11,13-16H,4-5,9,12,17H2/i9D2,12D2,17D2. The first-order valence-electron chi connectivity index (χ1n) is 13.0. The number of hydrogen-bond donors (Lipinski definition) is 0. The Balaban J connectivity index is 1.51. The molecule has 0 unspecified atom stereocenters. The third-order valence-electron chi connectivity index (χ3n) is 5.31. The third-order valence-corrected chi connectivity index (χ3v) is 5.31. The van der Waals surface area contributed by atoms with Crippen LogP contribution in [0.25, 0.3) is 33.3 Å². The highest BCUT2D eigenvalue weighted by molar-refractivity contribution is 6.08. The molecule has 146 valence electrons. The highest BCUT2D eigenvalue weighted by Gasteiger charge is 2.17. The number of para-hydroxylation sites is 1. The number of aryl methyl sites for hydroxylation is 2. The summed E-state index contributed by atoms with van der Waals surface area (Å²) in [5, 5.41) is 1.53. The average Bonchev–Trinajstić information content (AvgIpc) is 3.25. The fourth-order valence-corrected chi connectivity index (χ4v) is 3.88. The molecule has 1 aliphatic rings. The van der Waals surface area contributed by atoms with E-state index in [1.807, 2.05) is 30.3 Å². The van der Waals surface area contributed by atoms with Gasteiger partial charge in [0.1, 0.15) is 5.58 Å². The molecule has 0 saturated carbocycles. The van der Waals surface area contributed by atoms with E-state index in [0.717, 1.165) is 10.8 Å². The first-order valence-corrected chi connectivity index (χ1v) is 9.99. The minimum absolute atomic E-state index is 0.0639. The Morgan fingerprint density at radius 1 is 0.833 bits per heavy atom. The van der Waals surface area contributed by atoms with Crippen LogP contribution in [-0.2, 0) is 19.1 Å². The van der Waals surface area contributed by atoms with Crippen LogP contribution in [0.5, 0.6) is 0 Å². The number of nitrogens with zero attached hydrogens (tertiary/aromatic N) is 2. The van der Waals surface area contributed by atoms with Gasteiger partial charge in [0.2, 0.25) is 5.71 Å². The lowest BCUT2D eigenvalue weighted by Crippen LogP contribution is -2.05. The van der Waals surface area contributed by atoms with E-state index in [9.17, 15) is 0 Å². The van der Waals surface area contributed by atoms with Crippen LogP contribution < -0.4 is 0 Å². The van der Waals surface area contributed by atoms with Gasteiger partial charge in [0.25, 0.3) is 0 Å². The van der Waals surface area contributed by atoms with Crippen LogP contribution in [0.15, 0.2) is 77.2 Å². The molecule has 0 aliphatic heterocycles. The SMILES string of the molecule is [2H]C1([2H])CCC([2H])([2H])c2nc(-c3cccc4c3oc3nc(C([2H])([2H])c5ccccc5)ccc34)ccc21. The van der Waals surface area contributed by atoms with Crippen molar-refractivity contribution in [1.29, 1.82) is 0 Å². The summed E-state index contributed by atoms with van der Waals surface area (Å²) in [6, 6.07) is 21.3. The normalized spacial score (nSPS) is 20.4. The fourth-order valence-electron chi connectivity index (χ4n) is 3.88. The van der Waals surface area contributed by atoms with Gasteiger partial charge in [-0.3, -0.25) is 4.98 Å². The van der Waals surface area contributed by atoms with Crippen LogP contribution >= 0.6 is 0 Å². The Bertz CT molecular complexity index is 1630. The molecule has 1 aliphatic carbocycles. The largest absolute Gasteiger partial charge is 0.437 e. The van der Waals surface area contributed by atoms with Gasteiger partial charge in [0, 0.05) is 42.3 Å². The molecule has 30 heavy (non-hydrogen) atoms. The summed E-state index contributed by atoms with van der Waals surface area (Å²) in [5.74, 6) is 0. The Hall–Kier alpha value is -3.46. The number of benzene rings is 2. The van der Waals surface area contributed by atoms with Gasteiger partial charge in [-0.15, -0.1) is 0 Å². The molecule has 0 atom stereocenters.